The molecule has 2 aromatic rings. The van der Waals surface area contributed by atoms with Crippen LogP contribution in [0, 0.1) is 0 Å². The van der Waals surface area contributed by atoms with E-state index in [1.54, 1.807) is 36.4 Å². The van der Waals surface area contributed by atoms with E-state index in [-0.39, 0.29) is 11.7 Å². The van der Waals surface area contributed by atoms with Crippen LogP contribution in [-0.4, -0.2) is 24.3 Å². The van der Waals surface area contributed by atoms with Crippen molar-refractivity contribution in [1.82, 2.24) is 5.43 Å². The lowest BCUT2D eigenvalue weighted by Crippen LogP contribution is -2.17. The van der Waals surface area contributed by atoms with Gasteiger partial charge in [-0.3, -0.25) is 4.79 Å². The summed E-state index contributed by atoms with van der Waals surface area (Å²) in [6.07, 6.45) is 1.49. The number of carbonyl (C=O) groups is 1. The predicted molar refractivity (Wildman–Crippen MR) is 83.9 cm³/mol. The normalized spacial score (nSPS) is 10.6. The minimum Gasteiger partial charge on any atom is -0.507 e. The molecule has 5 nitrogen and oxygen atoms in total. The van der Waals surface area contributed by atoms with Gasteiger partial charge in [0.15, 0.2) is 0 Å². The van der Waals surface area contributed by atoms with Crippen LogP contribution >= 0.6 is 15.9 Å². The Balaban J connectivity index is 2.02. The lowest BCUT2D eigenvalue weighted by molar-refractivity contribution is 0.0955. The average Bonchev–Trinajstić information content (AvgIpc) is 2.50. The number of aromatic hydroxyl groups is 1. The minimum atomic E-state index is -0.331. The summed E-state index contributed by atoms with van der Waals surface area (Å²) in [4.78, 5) is 11.9. The van der Waals surface area contributed by atoms with Crippen LogP contribution in [0.1, 0.15) is 15.9 Å². The van der Waals surface area contributed by atoms with Crippen molar-refractivity contribution in [3.8, 4) is 11.5 Å². The molecule has 2 rings (SSSR count). The van der Waals surface area contributed by atoms with E-state index >= 15 is 0 Å². The maximum Gasteiger partial charge on any atom is 0.271 e. The van der Waals surface area contributed by atoms with Gasteiger partial charge in [0.25, 0.3) is 5.91 Å². The van der Waals surface area contributed by atoms with Crippen LogP contribution in [-0.2, 0) is 0 Å². The van der Waals surface area contributed by atoms with E-state index in [0.29, 0.717) is 15.8 Å². The molecule has 0 atom stereocenters. The second kappa shape index (κ2) is 6.90. The maximum atomic E-state index is 11.9. The highest BCUT2D eigenvalue weighted by Gasteiger charge is 2.05. The Bertz CT molecular complexity index is 686. The molecule has 6 heteroatoms. The van der Waals surface area contributed by atoms with Crippen LogP contribution in [0.15, 0.2) is 52.0 Å². The summed E-state index contributed by atoms with van der Waals surface area (Å²) in [5.41, 5.74) is 3.63. The molecular weight excluding hydrogens is 336 g/mol. The zero-order chi connectivity index (χ0) is 15.2. The number of hydrogen-bond donors (Lipinski definition) is 2. The van der Waals surface area contributed by atoms with E-state index in [4.69, 9.17) is 4.74 Å². The van der Waals surface area contributed by atoms with Gasteiger partial charge in [-0.15, -0.1) is 0 Å². The topological polar surface area (TPSA) is 70.9 Å². The van der Waals surface area contributed by atoms with Gasteiger partial charge >= 0.3 is 0 Å². The van der Waals surface area contributed by atoms with Gasteiger partial charge in [-0.2, -0.15) is 5.10 Å². The molecular formula is C15H13BrN2O3. The first-order valence-electron chi connectivity index (χ1n) is 6.06. The third-order valence-electron chi connectivity index (χ3n) is 2.68. The fourth-order valence-corrected chi connectivity index (χ4v) is 1.99. The first-order valence-corrected chi connectivity index (χ1v) is 6.85. The molecule has 0 aromatic heterocycles. The highest BCUT2D eigenvalue weighted by molar-refractivity contribution is 9.10. The van der Waals surface area contributed by atoms with Crippen molar-refractivity contribution in [3.05, 3.63) is 58.1 Å². The summed E-state index contributed by atoms with van der Waals surface area (Å²) in [5, 5.41) is 13.3. The van der Waals surface area contributed by atoms with E-state index in [0.717, 1.165) is 5.56 Å². The molecule has 108 valence electrons. The van der Waals surface area contributed by atoms with Crippen molar-refractivity contribution in [2.45, 2.75) is 0 Å². The SMILES string of the molecule is COc1cccc(C(=O)N/N=C\c2ccc(O)c(Br)c2)c1. The molecule has 0 aliphatic rings. The summed E-state index contributed by atoms with van der Waals surface area (Å²) in [6, 6.07) is 11.7. The smallest absolute Gasteiger partial charge is 0.271 e. The van der Waals surface area contributed by atoms with Crippen LogP contribution in [0.5, 0.6) is 11.5 Å². The molecule has 1 amide bonds. The predicted octanol–water partition coefficient (Wildman–Crippen LogP) is 2.93. The summed E-state index contributed by atoms with van der Waals surface area (Å²) in [5.74, 6) is 0.421. The second-order valence-corrected chi connectivity index (χ2v) is 5.00. The Kier molecular flexibility index (Phi) is 4.94. The molecule has 0 saturated carbocycles. The quantitative estimate of drug-likeness (QED) is 0.659. The lowest BCUT2D eigenvalue weighted by atomic mass is 10.2. The van der Waals surface area contributed by atoms with Crippen molar-refractivity contribution in [2.75, 3.05) is 7.11 Å². The number of phenols is 1. The monoisotopic (exact) mass is 348 g/mol. The van der Waals surface area contributed by atoms with Crippen molar-refractivity contribution in [2.24, 2.45) is 5.10 Å². The van der Waals surface area contributed by atoms with Gasteiger partial charge in [-0.1, -0.05) is 6.07 Å². The fraction of sp³-hybridized carbons (Fsp3) is 0.0667. The number of amides is 1. The van der Waals surface area contributed by atoms with E-state index in [1.807, 2.05) is 0 Å². The largest absolute Gasteiger partial charge is 0.507 e. The van der Waals surface area contributed by atoms with Crippen molar-refractivity contribution >= 4 is 28.1 Å². The summed E-state index contributed by atoms with van der Waals surface area (Å²) >= 11 is 3.21. The van der Waals surface area contributed by atoms with Gasteiger partial charge in [0.05, 0.1) is 17.8 Å². The highest BCUT2D eigenvalue weighted by Crippen LogP contribution is 2.23. The zero-order valence-electron chi connectivity index (χ0n) is 11.2. The first kappa shape index (κ1) is 15.1. The Hall–Kier alpha value is -2.34. The molecule has 0 saturated heterocycles. The Labute approximate surface area is 130 Å². The highest BCUT2D eigenvalue weighted by atomic mass is 79.9. The molecule has 0 heterocycles. The summed E-state index contributed by atoms with van der Waals surface area (Å²) in [6.45, 7) is 0. The van der Waals surface area contributed by atoms with Gasteiger partial charge in [-0.25, -0.2) is 5.43 Å². The van der Waals surface area contributed by atoms with E-state index in [1.165, 1.54) is 19.4 Å². The van der Waals surface area contributed by atoms with E-state index in [2.05, 4.69) is 26.5 Å². The number of rotatable bonds is 4. The van der Waals surface area contributed by atoms with Crippen LogP contribution in [0.25, 0.3) is 0 Å². The maximum absolute atomic E-state index is 11.9. The first-order chi connectivity index (χ1) is 10.1. The third-order valence-corrected chi connectivity index (χ3v) is 3.32. The van der Waals surface area contributed by atoms with Gasteiger partial charge in [0, 0.05) is 5.56 Å². The Morgan fingerprint density at radius 3 is 2.86 bits per heavy atom. The number of nitrogens with one attached hydrogen (secondary N) is 1. The molecule has 0 spiro atoms. The van der Waals surface area contributed by atoms with Gasteiger partial charge in [0.1, 0.15) is 11.5 Å². The van der Waals surface area contributed by atoms with E-state index in [9.17, 15) is 9.90 Å². The second-order valence-electron chi connectivity index (χ2n) is 4.14. The zero-order valence-corrected chi connectivity index (χ0v) is 12.8. The number of halogens is 1. The number of hydrazone groups is 1. The Morgan fingerprint density at radius 1 is 1.33 bits per heavy atom. The van der Waals surface area contributed by atoms with E-state index < -0.39 is 0 Å². The number of phenolic OH excluding ortho intramolecular Hbond substituents is 1. The standard InChI is InChI=1S/C15H13BrN2O3/c1-21-12-4-2-3-11(8-12)15(20)18-17-9-10-5-6-14(19)13(16)7-10/h2-9,19H,1H3,(H,18,20)/b17-9-. The molecule has 0 aliphatic carbocycles. The van der Waals surface area contributed by atoms with Crippen LogP contribution in [0.4, 0.5) is 0 Å². The van der Waals surface area contributed by atoms with Crippen LogP contribution < -0.4 is 10.2 Å². The lowest BCUT2D eigenvalue weighted by Gasteiger charge is -2.03. The number of ether oxygens (including phenoxy) is 1. The van der Waals surface area contributed by atoms with Crippen molar-refractivity contribution < 1.29 is 14.6 Å². The molecule has 2 N–H and O–H groups in total. The van der Waals surface area contributed by atoms with Gasteiger partial charge in [-0.05, 0) is 57.9 Å². The molecule has 0 fully saturated rings. The minimum absolute atomic E-state index is 0.146. The molecule has 0 bridgehead atoms. The van der Waals surface area contributed by atoms with Crippen molar-refractivity contribution in [1.29, 1.82) is 0 Å². The summed E-state index contributed by atoms with van der Waals surface area (Å²) < 4.78 is 5.62. The number of benzene rings is 2. The molecule has 0 aliphatic heterocycles. The average molecular weight is 349 g/mol. The van der Waals surface area contributed by atoms with Crippen LogP contribution in [0.3, 0.4) is 0 Å². The number of carbonyl (C=O) groups excluding carboxylic acids is 1. The number of hydrogen-bond acceptors (Lipinski definition) is 4. The molecule has 0 unspecified atom stereocenters. The molecule has 2 aromatic carbocycles. The van der Waals surface area contributed by atoms with Gasteiger partial charge in [0.2, 0.25) is 0 Å². The number of nitrogens with zero attached hydrogens (tertiary/aromatic N) is 1. The van der Waals surface area contributed by atoms with Crippen LogP contribution in [0.2, 0.25) is 0 Å². The molecule has 21 heavy (non-hydrogen) atoms. The fourth-order valence-electron chi connectivity index (χ4n) is 1.60. The number of methoxy groups -OCH3 is 1. The van der Waals surface area contributed by atoms with Gasteiger partial charge < -0.3 is 9.84 Å². The summed E-state index contributed by atoms with van der Waals surface area (Å²) in [7, 11) is 1.54. The van der Waals surface area contributed by atoms with Crippen molar-refractivity contribution in [3.63, 3.8) is 0 Å². The molecule has 0 radical (unpaired) electrons. The Morgan fingerprint density at radius 2 is 2.14 bits per heavy atom. The third kappa shape index (κ3) is 4.06.